The van der Waals surface area contributed by atoms with E-state index in [4.69, 9.17) is 0 Å². The molecular weight excluding hydrogens is 374 g/mol. The molecular formula is C20H21N5O4. The average molecular weight is 395 g/mol. The number of amides is 2. The zero-order valence-electron chi connectivity index (χ0n) is 16.1. The second kappa shape index (κ2) is 8.51. The topological polar surface area (TPSA) is 119 Å². The van der Waals surface area contributed by atoms with Crippen molar-refractivity contribution in [3.05, 3.63) is 64.0 Å². The molecule has 9 heteroatoms. The number of non-ortho nitro benzene ring substituents is 1. The van der Waals surface area contributed by atoms with E-state index in [0.717, 1.165) is 16.9 Å². The van der Waals surface area contributed by atoms with E-state index in [1.54, 1.807) is 19.1 Å². The first kappa shape index (κ1) is 20.0. The third kappa shape index (κ3) is 4.57. The highest BCUT2D eigenvalue weighted by Crippen LogP contribution is 2.21. The first-order chi connectivity index (χ1) is 13.9. The minimum atomic E-state index is -0.512. The van der Waals surface area contributed by atoms with Crippen LogP contribution in [0.2, 0.25) is 0 Å². The number of nitrogens with one attached hydrogen (secondary N) is 2. The Labute approximate surface area is 166 Å². The zero-order chi connectivity index (χ0) is 21.0. The molecule has 9 nitrogen and oxygen atoms in total. The van der Waals surface area contributed by atoms with Crippen molar-refractivity contribution in [1.29, 1.82) is 0 Å². The summed E-state index contributed by atoms with van der Waals surface area (Å²) >= 11 is 0. The Morgan fingerprint density at radius 3 is 2.55 bits per heavy atom. The lowest BCUT2D eigenvalue weighted by molar-refractivity contribution is -0.384. The summed E-state index contributed by atoms with van der Waals surface area (Å²) in [5, 5.41) is 16.3. The molecule has 2 amide bonds. The van der Waals surface area contributed by atoms with E-state index in [1.807, 2.05) is 17.7 Å². The van der Waals surface area contributed by atoms with Gasteiger partial charge in [0.05, 0.1) is 16.0 Å². The molecule has 2 N–H and O–H groups in total. The van der Waals surface area contributed by atoms with E-state index in [2.05, 4.69) is 15.6 Å². The van der Waals surface area contributed by atoms with Gasteiger partial charge in [0.1, 0.15) is 5.82 Å². The second-order valence-corrected chi connectivity index (χ2v) is 6.50. The monoisotopic (exact) mass is 395 g/mol. The van der Waals surface area contributed by atoms with Gasteiger partial charge in [-0.25, -0.2) is 4.98 Å². The van der Waals surface area contributed by atoms with Gasteiger partial charge in [0.15, 0.2) is 0 Å². The highest BCUT2D eigenvalue weighted by atomic mass is 16.6. The maximum absolute atomic E-state index is 12.4. The minimum absolute atomic E-state index is 0.00000644. The SMILES string of the molecule is CCC(=O)NCCc1nc2cc(NC(=O)c3ccc([N+](=O)[O-])cc3)ccc2n1C. The number of hydrogen-bond acceptors (Lipinski definition) is 5. The number of rotatable bonds is 7. The fraction of sp³-hybridized carbons (Fsp3) is 0.250. The number of imidazole rings is 1. The summed E-state index contributed by atoms with van der Waals surface area (Å²) in [7, 11) is 1.90. The Kier molecular flexibility index (Phi) is 5.87. The molecule has 0 saturated heterocycles. The van der Waals surface area contributed by atoms with Gasteiger partial charge in [0.2, 0.25) is 5.91 Å². The normalized spacial score (nSPS) is 10.7. The summed E-state index contributed by atoms with van der Waals surface area (Å²) in [4.78, 5) is 38.6. The molecule has 3 aromatic rings. The smallest absolute Gasteiger partial charge is 0.269 e. The van der Waals surface area contributed by atoms with Crippen molar-refractivity contribution in [2.45, 2.75) is 19.8 Å². The van der Waals surface area contributed by atoms with Crippen LogP contribution in [0.3, 0.4) is 0 Å². The molecule has 0 atom stereocenters. The Morgan fingerprint density at radius 1 is 1.17 bits per heavy atom. The van der Waals surface area contributed by atoms with Crippen molar-refractivity contribution < 1.29 is 14.5 Å². The Hall–Kier alpha value is -3.75. The predicted molar refractivity (Wildman–Crippen MR) is 109 cm³/mol. The molecule has 0 bridgehead atoms. The van der Waals surface area contributed by atoms with E-state index in [0.29, 0.717) is 30.6 Å². The van der Waals surface area contributed by atoms with Crippen LogP contribution in [0, 0.1) is 10.1 Å². The van der Waals surface area contributed by atoms with Crippen LogP contribution in [-0.2, 0) is 18.3 Å². The highest BCUT2D eigenvalue weighted by Gasteiger charge is 2.12. The maximum Gasteiger partial charge on any atom is 0.269 e. The average Bonchev–Trinajstić information content (AvgIpc) is 3.02. The molecule has 1 aromatic heterocycles. The number of carbonyl (C=O) groups is 2. The van der Waals surface area contributed by atoms with Crippen LogP contribution in [0.25, 0.3) is 11.0 Å². The Balaban J connectivity index is 1.72. The van der Waals surface area contributed by atoms with Gasteiger partial charge >= 0.3 is 0 Å². The lowest BCUT2D eigenvalue weighted by atomic mass is 10.2. The maximum atomic E-state index is 12.4. The van der Waals surface area contributed by atoms with Gasteiger partial charge in [-0.15, -0.1) is 0 Å². The fourth-order valence-corrected chi connectivity index (χ4v) is 2.93. The molecule has 29 heavy (non-hydrogen) atoms. The van der Waals surface area contributed by atoms with Crippen molar-refractivity contribution in [3.8, 4) is 0 Å². The van der Waals surface area contributed by atoms with Gasteiger partial charge < -0.3 is 15.2 Å². The van der Waals surface area contributed by atoms with Gasteiger partial charge in [-0.2, -0.15) is 0 Å². The standard InChI is InChI=1S/C20H21N5O4/c1-3-19(26)21-11-10-18-23-16-12-14(6-9-17(16)24(18)2)22-20(27)13-4-7-15(8-5-13)25(28)29/h4-9,12H,3,10-11H2,1-2H3,(H,21,26)(H,22,27). The van der Waals surface area contributed by atoms with E-state index in [1.165, 1.54) is 24.3 Å². The number of aromatic nitrogens is 2. The lowest BCUT2D eigenvalue weighted by Gasteiger charge is -2.06. The molecule has 0 radical (unpaired) electrons. The van der Waals surface area contributed by atoms with Crippen LogP contribution in [0.15, 0.2) is 42.5 Å². The van der Waals surface area contributed by atoms with E-state index >= 15 is 0 Å². The first-order valence-electron chi connectivity index (χ1n) is 9.17. The van der Waals surface area contributed by atoms with Crippen LogP contribution in [0.4, 0.5) is 11.4 Å². The van der Waals surface area contributed by atoms with Crippen molar-refractivity contribution in [3.63, 3.8) is 0 Å². The van der Waals surface area contributed by atoms with E-state index < -0.39 is 4.92 Å². The Bertz CT molecular complexity index is 1070. The third-order valence-corrected chi connectivity index (χ3v) is 4.56. The number of nitro groups is 1. The van der Waals surface area contributed by atoms with Crippen molar-refractivity contribution >= 4 is 34.2 Å². The van der Waals surface area contributed by atoms with Crippen LogP contribution in [-0.4, -0.2) is 32.8 Å². The summed E-state index contributed by atoms with van der Waals surface area (Å²) in [5.41, 5.74) is 2.47. The third-order valence-electron chi connectivity index (χ3n) is 4.56. The number of nitrogens with zero attached hydrogens (tertiary/aromatic N) is 3. The molecule has 0 saturated carbocycles. The van der Waals surface area contributed by atoms with Crippen molar-refractivity contribution in [1.82, 2.24) is 14.9 Å². The number of aryl methyl sites for hydroxylation is 1. The lowest BCUT2D eigenvalue weighted by Crippen LogP contribution is -2.25. The number of benzene rings is 2. The summed E-state index contributed by atoms with van der Waals surface area (Å²) in [5.74, 6) is 0.466. The summed E-state index contributed by atoms with van der Waals surface area (Å²) in [6, 6.07) is 10.8. The molecule has 0 aliphatic carbocycles. The molecule has 0 spiro atoms. The molecule has 3 rings (SSSR count). The van der Waals surface area contributed by atoms with Crippen LogP contribution >= 0.6 is 0 Å². The zero-order valence-corrected chi connectivity index (χ0v) is 16.1. The largest absolute Gasteiger partial charge is 0.356 e. The van der Waals surface area contributed by atoms with E-state index in [-0.39, 0.29) is 17.5 Å². The number of anilines is 1. The summed E-state index contributed by atoms with van der Waals surface area (Å²) in [6.07, 6.45) is 1.04. The molecule has 0 aliphatic rings. The number of nitro benzene ring substituents is 1. The first-order valence-corrected chi connectivity index (χ1v) is 9.17. The van der Waals surface area contributed by atoms with Gasteiger partial charge in [-0.3, -0.25) is 19.7 Å². The van der Waals surface area contributed by atoms with Gasteiger partial charge in [-0.05, 0) is 30.3 Å². The number of carbonyl (C=O) groups excluding carboxylic acids is 2. The molecule has 2 aromatic carbocycles. The van der Waals surface area contributed by atoms with Gasteiger partial charge in [0.25, 0.3) is 11.6 Å². The quantitative estimate of drug-likeness (QED) is 0.471. The van der Waals surface area contributed by atoms with Crippen molar-refractivity contribution in [2.75, 3.05) is 11.9 Å². The highest BCUT2D eigenvalue weighted by molar-refractivity contribution is 6.05. The number of fused-ring (bicyclic) bond motifs is 1. The van der Waals surface area contributed by atoms with Gasteiger partial charge in [0, 0.05) is 49.8 Å². The predicted octanol–water partition coefficient (Wildman–Crippen LogP) is 2.80. The van der Waals surface area contributed by atoms with Gasteiger partial charge in [-0.1, -0.05) is 6.92 Å². The molecule has 0 fully saturated rings. The summed E-state index contributed by atoms with van der Waals surface area (Å²) < 4.78 is 1.95. The molecule has 0 unspecified atom stereocenters. The molecule has 150 valence electrons. The van der Waals surface area contributed by atoms with E-state index in [9.17, 15) is 19.7 Å². The fourth-order valence-electron chi connectivity index (χ4n) is 2.93. The minimum Gasteiger partial charge on any atom is -0.356 e. The Morgan fingerprint density at radius 2 is 1.90 bits per heavy atom. The molecule has 0 aliphatic heterocycles. The number of hydrogen-bond donors (Lipinski definition) is 2. The second-order valence-electron chi connectivity index (χ2n) is 6.50. The van der Waals surface area contributed by atoms with Crippen LogP contribution in [0.5, 0.6) is 0 Å². The molecule has 1 heterocycles. The van der Waals surface area contributed by atoms with Crippen LogP contribution in [0.1, 0.15) is 29.5 Å². The van der Waals surface area contributed by atoms with Crippen LogP contribution < -0.4 is 10.6 Å². The summed E-state index contributed by atoms with van der Waals surface area (Å²) in [6.45, 7) is 2.31. The van der Waals surface area contributed by atoms with Crippen molar-refractivity contribution in [2.24, 2.45) is 7.05 Å².